The fraction of sp³-hybridized carbons (Fsp3) is 0. The van der Waals surface area contributed by atoms with Crippen molar-refractivity contribution >= 4 is 17.6 Å². The van der Waals surface area contributed by atoms with Crippen LogP contribution in [-0.4, -0.2) is 20.9 Å². The van der Waals surface area contributed by atoms with Crippen LogP contribution in [0.2, 0.25) is 5.02 Å². The molecule has 6 heteroatoms. The van der Waals surface area contributed by atoms with Crippen LogP contribution in [0.5, 0.6) is 0 Å². The fourth-order valence-corrected chi connectivity index (χ4v) is 2.18. The van der Waals surface area contributed by atoms with Gasteiger partial charge in [-0.15, -0.1) is 0 Å². The van der Waals surface area contributed by atoms with E-state index in [0.717, 1.165) is 0 Å². The SMILES string of the molecule is O=C(O)c1cnn(-c2ccccc2Cl)c1-c1ccco1. The van der Waals surface area contributed by atoms with Crippen LogP contribution in [-0.2, 0) is 0 Å². The highest BCUT2D eigenvalue weighted by Crippen LogP contribution is 2.29. The maximum Gasteiger partial charge on any atom is 0.339 e. The van der Waals surface area contributed by atoms with Crippen LogP contribution in [0.3, 0.4) is 0 Å². The molecular formula is C14H9ClN2O3. The number of benzene rings is 1. The molecular weight excluding hydrogens is 280 g/mol. The van der Waals surface area contributed by atoms with Crippen LogP contribution in [0.25, 0.3) is 17.1 Å². The van der Waals surface area contributed by atoms with Crippen molar-refractivity contribution in [1.82, 2.24) is 9.78 Å². The highest BCUT2D eigenvalue weighted by molar-refractivity contribution is 6.32. The standard InChI is InChI=1S/C14H9ClN2O3/c15-10-4-1-2-5-11(10)17-13(12-6-3-7-20-12)9(8-16-17)14(18)19/h1-8H,(H,18,19). The topological polar surface area (TPSA) is 68.3 Å². The van der Waals surface area contributed by atoms with Gasteiger partial charge in [0.1, 0.15) is 11.3 Å². The summed E-state index contributed by atoms with van der Waals surface area (Å²) in [6, 6.07) is 10.4. The molecule has 0 aliphatic heterocycles. The second-order valence-corrected chi connectivity index (χ2v) is 4.46. The second kappa shape index (κ2) is 4.86. The van der Waals surface area contributed by atoms with E-state index in [0.29, 0.717) is 22.2 Å². The summed E-state index contributed by atoms with van der Waals surface area (Å²) in [5.41, 5.74) is 1.00. The van der Waals surface area contributed by atoms with Crippen molar-refractivity contribution in [2.24, 2.45) is 0 Å². The van der Waals surface area contributed by atoms with Crippen LogP contribution in [0.1, 0.15) is 10.4 Å². The second-order valence-electron chi connectivity index (χ2n) is 4.05. The molecule has 1 aromatic carbocycles. The van der Waals surface area contributed by atoms with Crippen LogP contribution in [0.4, 0.5) is 0 Å². The number of aromatic carboxylic acids is 1. The number of halogens is 1. The van der Waals surface area contributed by atoms with Gasteiger partial charge in [0.25, 0.3) is 0 Å². The molecule has 0 atom stereocenters. The third-order valence-electron chi connectivity index (χ3n) is 2.83. The van der Waals surface area contributed by atoms with Gasteiger partial charge in [0.15, 0.2) is 5.76 Å². The molecule has 0 bridgehead atoms. The minimum atomic E-state index is -1.07. The maximum absolute atomic E-state index is 11.3. The predicted octanol–water partition coefficient (Wildman–Crippen LogP) is 3.48. The van der Waals surface area contributed by atoms with E-state index in [-0.39, 0.29) is 5.56 Å². The van der Waals surface area contributed by atoms with Crippen molar-refractivity contribution in [1.29, 1.82) is 0 Å². The van der Waals surface area contributed by atoms with Gasteiger partial charge in [-0.1, -0.05) is 23.7 Å². The molecule has 0 unspecified atom stereocenters. The summed E-state index contributed by atoms with van der Waals surface area (Å²) in [5.74, 6) is -0.658. The van der Waals surface area contributed by atoms with Gasteiger partial charge in [-0.2, -0.15) is 5.10 Å². The molecule has 1 N–H and O–H groups in total. The quantitative estimate of drug-likeness (QED) is 0.801. The maximum atomic E-state index is 11.3. The number of rotatable bonds is 3. The van der Waals surface area contributed by atoms with E-state index < -0.39 is 5.97 Å². The van der Waals surface area contributed by atoms with E-state index >= 15 is 0 Å². The predicted molar refractivity (Wildman–Crippen MR) is 73.2 cm³/mol. The minimum Gasteiger partial charge on any atom is -0.478 e. The molecule has 2 heterocycles. The number of para-hydroxylation sites is 1. The van der Waals surface area contributed by atoms with Gasteiger partial charge in [-0.05, 0) is 24.3 Å². The molecule has 5 nitrogen and oxygen atoms in total. The Bertz CT molecular complexity index is 763. The van der Waals surface area contributed by atoms with Gasteiger partial charge in [0, 0.05) is 0 Å². The fourth-order valence-electron chi connectivity index (χ4n) is 1.96. The number of nitrogens with zero attached hydrogens (tertiary/aromatic N) is 2. The van der Waals surface area contributed by atoms with Gasteiger partial charge < -0.3 is 9.52 Å². The Balaban J connectivity index is 2.28. The van der Waals surface area contributed by atoms with E-state index in [1.54, 1.807) is 36.4 Å². The Morgan fingerprint density at radius 2 is 2.05 bits per heavy atom. The van der Waals surface area contributed by atoms with Crippen molar-refractivity contribution in [3.63, 3.8) is 0 Å². The lowest BCUT2D eigenvalue weighted by Gasteiger charge is -2.08. The normalized spacial score (nSPS) is 10.7. The Labute approximate surface area is 119 Å². The van der Waals surface area contributed by atoms with Gasteiger partial charge in [-0.25, -0.2) is 9.48 Å². The molecule has 0 aliphatic rings. The Hall–Kier alpha value is -2.53. The van der Waals surface area contributed by atoms with E-state index in [4.69, 9.17) is 16.0 Å². The smallest absolute Gasteiger partial charge is 0.339 e. The molecule has 0 saturated heterocycles. The summed E-state index contributed by atoms with van der Waals surface area (Å²) in [4.78, 5) is 11.3. The van der Waals surface area contributed by atoms with Gasteiger partial charge in [0.2, 0.25) is 0 Å². The zero-order valence-corrected chi connectivity index (χ0v) is 10.9. The van der Waals surface area contributed by atoms with Crippen LogP contribution >= 0.6 is 11.6 Å². The molecule has 20 heavy (non-hydrogen) atoms. The third kappa shape index (κ3) is 1.98. The molecule has 0 amide bonds. The van der Waals surface area contributed by atoms with E-state index in [1.165, 1.54) is 17.1 Å². The zero-order chi connectivity index (χ0) is 14.1. The average Bonchev–Trinajstić information content (AvgIpc) is 3.07. The summed E-state index contributed by atoms with van der Waals surface area (Å²) < 4.78 is 6.77. The summed E-state index contributed by atoms with van der Waals surface area (Å²) in [5, 5.41) is 13.9. The highest BCUT2D eigenvalue weighted by Gasteiger charge is 2.22. The van der Waals surface area contributed by atoms with E-state index in [1.807, 2.05) is 0 Å². The summed E-state index contributed by atoms with van der Waals surface area (Å²) in [7, 11) is 0. The Kier molecular flexibility index (Phi) is 3.04. The zero-order valence-electron chi connectivity index (χ0n) is 10.2. The number of hydrogen-bond acceptors (Lipinski definition) is 3. The monoisotopic (exact) mass is 288 g/mol. The number of carboxylic acid groups (broad SMARTS) is 1. The minimum absolute atomic E-state index is 0.0554. The summed E-state index contributed by atoms with van der Waals surface area (Å²) in [6.45, 7) is 0. The van der Waals surface area contributed by atoms with Crippen LogP contribution in [0.15, 0.2) is 53.3 Å². The van der Waals surface area contributed by atoms with Crippen LogP contribution < -0.4 is 0 Å². The van der Waals surface area contributed by atoms with Crippen molar-refractivity contribution in [3.05, 3.63) is 59.4 Å². The number of aromatic nitrogens is 2. The number of furan rings is 1. The lowest BCUT2D eigenvalue weighted by molar-refractivity contribution is 0.0697. The van der Waals surface area contributed by atoms with Crippen LogP contribution in [0, 0.1) is 0 Å². The molecule has 0 radical (unpaired) electrons. The molecule has 0 aliphatic carbocycles. The molecule has 3 rings (SSSR count). The lowest BCUT2D eigenvalue weighted by Crippen LogP contribution is -2.02. The summed E-state index contributed by atoms with van der Waals surface area (Å²) >= 11 is 6.14. The highest BCUT2D eigenvalue weighted by atomic mass is 35.5. The average molecular weight is 289 g/mol. The van der Waals surface area contributed by atoms with Gasteiger partial charge in [-0.3, -0.25) is 0 Å². The Morgan fingerprint density at radius 3 is 2.70 bits per heavy atom. The molecule has 0 spiro atoms. The largest absolute Gasteiger partial charge is 0.478 e. The first-order valence-electron chi connectivity index (χ1n) is 5.78. The molecule has 2 aromatic heterocycles. The number of carboxylic acids is 1. The Morgan fingerprint density at radius 1 is 1.25 bits per heavy atom. The first-order valence-corrected chi connectivity index (χ1v) is 6.16. The first-order chi connectivity index (χ1) is 9.68. The first kappa shape index (κ1) is 12.5. The van der Waals surface area contributed by atoms with Crippen molar-refractivity contribution in [2.75, 3.05) is 0 Å². The van der Waals surface area contributed by atoms with E-state index in [2.05, 4.69) is 5.10 Å². The van der Waals surface area contributed by atoms with Gasteiger partial charge in [0.05, 0.1) is 23.2 Å². The molecule has 0 saturated carbocycles. The number of carbonyl (C=O) groups is 1. The molecule has 0 fully saturated rings. The molecule has 100 valence electrons. The van der Waals surface area contributed by atoms with Gasteiger partial charge >= 0.3 is 5.97 Å². The van der Waals surface area contributed by atoms with Crippen molar-refractivity contribution in [3.8, 4) is 17.1 Å². The van der Waals surface area contributed by atoms with Crippen molar-refractivity contribution < 1.29 is 14.3 Å². The molecule has 3 aromatic rings. The third-order valence-corrected chi connectivity index (χ3v) is 3.15. The van der Waals surface area contributed by atoms with E-state index in [9.17, 15) is 9.90 Å². The number of hydrogen-bond donors (Lipinski definition) is 1. The van der Waals surface area contributed by atoms with Crippen molar-refractivity contribution in [2.45, 2.75) is 0 Å². The lowest BCUT2D eigenvalue weighted by atomic mass is 10.2. The summed E-state index contributed by atoms with van der Waals surface area (Å²) in [6.07, 6.45) is 2.76.